The molecule has 6 heteroatoms. The van der Waals surface area contributed by atoms with E-state index in [0.717, 1.165) is 24.2 Å². The van der Waals surface area contributed by atoms with Gasteiger partial charge in [-0.15, -0.1) is 0 Å². The maximum Gasteiger partial charge on any atom is 0.261 e. The number of aromatic nitrogens is 3. The minimum absolute atomic E-state index is 0.0915. The molecule has 6 nitrogen and oxygen atoms in total. The van der Waals surface area contributed by atoms with Gasteiger partial charge in [-0.25, -0.2) is 0 Å². The summed E-state index contributed by atoms with van der Waals surface area (Å²) in [5.41, 5.74) is 4.44. The van der Waals surface area contributed by atoms with Crippen molar-refractivity contribution in [3.63, 3.8) is 0 Å². The number of rotatable bonds is 3. The number of fused-ring (bicyclic) bond motifs is 2. The summed E-state index contributed by atoms with van der Waals surface area (Å²) in [6.07, 6.45) is 6.56. The molecule has 146 valence electrons. The Kier molecular flexibility index (Phi) is 4.23. The highest BCUT2D eigenvalue weighted by molar-refractivity contribution is 5.91. The predicted molar refractivity (Wildman–Crippen MR) is 112 cm³/mol. The van der Waals surface area contributed by atoms with E-state index in [2.05, 4.69) is 52.3 Å². The molecule has 3 heterocycles. The van der Waals surface area contributed by atoms with E-state index in [-0.39, 0.29) is 5.56 Å². The van der Waals surface area contributed by atoms with Crippen LogP contribution in [0.25, 0.3) is 10.9 Å². The molecule has 1 fully saturated rings. The predicted octanol–water partition coefficient (Wildman–Crippen LogP) is 4.38. The summed E-state index contributed by atoms with van der Waals surface area (Å²) in [5, 5.41) is 12.4. The van der Waals surface area contributed by atoms with Crippen LogP contribution >= 0.6 is 0 Å². The van der Waals surface area contributed by atoms with Crippen LogP contribution in [-0.2, 0) is 6.54 Å². The molecule has 1 aliphatic carbocycles. The zero-order chi connectivity index (χ0) is 19.3. The van der Waals surface area contributed by atoms with E-state index in [4.69, 9.17) is 5.10 Å². The normalized spacial score (nSPS) is 24.4. The summed E-state index contributed by atoms with van der Waals surface area (Å²) < 4.78 is 2.09. The number of hydrogen-bond acceptors (Lipinski definition) is 4. The Labute approximate surface area is 164 Å². The molecule has 3 atom stereocenters. The summed E-state index contributed by atoms with van der Waals surface area (Å²) >= 11 is 0. The van der Waals surface area contributed by atoms with Gasteiger partial charge in [0.2, 0.25) is 0 Å². The molecular formula is C22H27N5O. The van der Waals surface area contributed by atoms with Crippen LogP contribution in [0.3, 0.4) is 0 Å². The quantitative estimate of drug-likeness (QED) is 0.633. The van der Waals surface area contributed by atoms with Gasteiger partial charge in [-0.2, -0.15) is 5.10 Å². The number of aromatic amines is 1. The van der Waals surface area contributed by atoms with Crippen LogP contribution in [0.4, 0.5) is 11.5 Å². The molecule has 3 unspecified atom stereocenters. The van der Waals surface area contributed by atoms with E-state index in [1.807, 2.05) is 6.07 Å². The highest BCUT2D eigenvalue weighted by atomic mass is 16.1. The second-order valence-electron chi connectivity index (χ2n) is 8.33. The van der Waals surface area contributed by atoms with Crippen molar-refractivity contribution in [2.45, 2.75) is 58.2 Å². The van der Waals surface area contributed by atoms with E-state index in [1.54, 1.807) is 6.20 Å². The fourth-order valence-electron chi connectivity index (χ4n) is 4.87. The van der Waals surface area contributed by atoms with E-state index in [0.29, 0.717) is 29.2 Å². The van der Waals surface area contributed by atoms with Crippen LogP contribution < -0.4 is 16.2 Å². The third-order valence-electron chi connectivity index (χ3n) is 6.48. The van der Waals surface area contributed by atoms with E-state index in [9.17, 15) is 4.79 Å². The molecule has 2 aromatic heterocycles. The largest absolute Gasteiger partial charge is 0.338 e. The first-order chi connectivity index (χ1) is 13.6. The minimum atomic E-state index is -0.0915. The Morgan fingerprint density at radius 3 is 2.89 bits per heavy atom. The van der Waals surface area contributed by atoms with Gasteiger partial charge in [0, 0.05) is 24.5 Å². The van der Waals surface area contributed by atoms with Crippen molar-refractivity contribution in [2.75, 3.05) is 5.32 Å². The molecule has 0 radical (unpaired) electrons. The number of hydrogen-bond donors (Lipinski definition) is 3. The highest BCUT2D eigenvalue weighted by Crippen LogP contribution is 2.37. The van der Waals surface area contributed by atoms with Crippen molar-refractivity contribution >= 4 is 22.4 Å². The molecule has 0 saturated heterocycles. The number of pyridine rings is 1. The van der Waals surface area contributed by atoms with Gasteiger partial charge in [-0.3, -0.25) is 9.48 Å². The average molecular weight is 377 g/mol. The smallest absolute Gasteiger partial charge is 0.261 e. The molecule has 1 aliphatic heterocycles. The Morgan fingerprint density at radius 2 is 2.04 bits per heavy atom. The molecule has 1 saturated carbocycles. The van der Waals surface area contributed by atoms with E-state index >= 15 is 0 Å². The van der Waals surface area contributed by atoms with Crippen LogP contribution in [0, 0.1) is 5.92 Å². The van der Waals surface area contributed by atoms with E-state index in [1.165, 1.54) is 30.4 Å². The van der Waals surface area contributed by atoms with Gasteiger partial charge in [0.05, 0.1) is 11.6 Å². The van der Waals surface area contributed by atoms with Gasteiger partial charge >= 0.3 is 0 Å². The maximum atomic E-state index is 12.6. The summed E-state index contributed by atoms with van der Waals surface area (Å²) in [6, 6.07) is 9.11. The first kappa shape index (κ1) is 17.5. The van der Waals surface area contributed by atoms with Crippen molar-refractivity contribution in [3.8, 4) is 0 Å². The van der Waals surface area contributed by atoms with Gasteiger partial charge in [-0.05, 0) is 55.0 Å². The zero-order valence-electron chi connectivity index (χ0n) is 16.5. The lowest BCUT2D eigenvalue weighted by molar-refractivity contribution is 0.246. The molecule has 5 rings (SSSR count). The van der Waals surface area contributed by atoms with Gasteiger partial charge in [-0.1, -0.05) is 25.8 Å². The molecule has 3 N–H and O–H groups in total. The highest BCUT2D eigenvalue weighted by Gasteiger charge is 2.27. The lowest BCUT2D eigenvalue weighted by Crippen LogP contribution is -2.22. The lowest BCUT2D eigenvalue weighted by Gasteiger charge is -2.29. The summed E-state index contributed by atoms with van der Waals surface area (Å²) in [7, 11) is 0. The van der Waals surface area contributed by atoms with Crippen molar-refractivity contribution in [1.82, 2.24) is 20.1 Å². The zero-order valence-corrected chi connectivity index (χ0v) is 16.5. The molecule has 1 aromatic carbocycles. The molecule has 0 bridgehead atoms. The summed E-state index contributed by atoms with van der Waals surface area (Å²) in [6.45, 7) is 5.35. The van der Waals surface area contributed by atoms with Crippen LogP contribution in [0.15, 0.2) is 35.3 Å². The molecule has 0 spiro atoms. The Hall–Kier alpha value is -2.60. The summed E-state index contributed by atoms with van der Waals surface area (Å²) in [4.78, 5) is 15.5. The van der Waals surface area contributed by atoms with Crippen molar-refractivity contribution in [2.24, 2.45) is 5.92 Å². The molecule has 0 amide bonds. The van der Waals surface area contributed by atoms with Crippen LogP contribution in [0.2, 0.25) is 0 Å². The third kappa shape index (κ3) is 2.83. The van der Waals surface area contributed by atoms with Gasteiger partial charge in [0.25, 0.3) is 5.56 Å². The number of H-pyrrole nitrogens is 1. The van der Waals surface area contributed by atoms with Crippen molar-refractivity contribution in [3.05, 3.63) is 51.9 Å². The minimum Gasteiger partial charge on any atom is -0.338 e. The molecular weight excluding hydrogens is 350 g/mol. The first-order valence-electron chi connectivity index (χ1n) is 10.3. The fraction of sp³-hybridized carbons (Fsp3) is 0.455. The number of nitrogens with zero attached hydrogens (tertiary/aromatic N) is 2. The number of nitrogens with one attached hydrogen (secondary N) is 3. The van der Waals surface area contributed by atoms with Crippen LogP contribution in [0.5, 0.6) is 0 Å². The van der Waals surface area contributed by atoms with Crippen molar-refractivity contribution in [1.29, 1.82) is 0 Å². The van der Waals surface area contributed by atoms with Gasteiger partial charge in [0.15, 0.2) is 5.82 Å². The SMILES string of the molecule is CC1NCc2cc(Nc3nn(C4CCCCC4C)c4cc[nH]c(=O)c34)ccc21. The van der Waals surface area contributed by atoms with Gasteiger partial charge in [0.1, 0.15) is 5.39 Å². The fourth-order valence-corrected chi connectivity index (χ4v) is 4.87. The monoisotopic (exact) mass is 377 g/mol. The standard InChI is InChI=1S/C22H27N5O/c1-13-5-3-4-6-18(13)27-19-9-10-23-22(28)20(19)21(26-27)25-16-7-8-17-14(2)24-12-15(17)11-16/h7-11,13-14,18,24H,3-6,12H2,1-2H3,(H,23,28)(H,25,26). The number of benzene rings is 1. The van der Waals surface area contributed by atoms with E-state index < -0.39 is 0 Å². The Morgan fingerprint density at radius 1 is 1.18 bits per heavy atom. The Bertz CT molecular complexity index is 1080. The first-order valence-corrected chi connectivity index (χ1v) is 10.3. The van der Waals surface area contributed by atoms with Crippen LogP contribution in [-0.4, -0.2) is 14.8 Å². The topological polar surface area (TPSA) is 74.7 Å². The molecule has 2 aliphatic rings. The maximum absolute atomic E-state index is 12.6. The lowest BCUT2D eigenvalue weighted by atomic mass is 9.86. The van der Waals surface area contributed by atoms with Gasteiger partial charge < -0.3 is 15.6 Å². The number of anilines is 2. The van der Waals surface area contributed by atoms with Crippen LogP contribution in [0.1, 0.15) is 62.7 Å². The average Bonchev–Trinajstić information content (AvgIpc) is 3.24. The summed E-state index contributed by atoms with van der Waals surface area (Å²) in [5.74, 6) is 1.21. The molecule has 28 heavy (non-hydrogen) atoms. The molecule has 3 aromatic rings. The second-order valence-corrected chi connectivity index (χ2v) is 8.33. The Balaban J connectivity index is 1.57. The second kappa shape index (κ2) is 6.78. The van der Waals surface area contributed by atoms with Crippen molar-refractivity contribution < 1.29 is 0 Å². The third-order valence-corrected chi connectivity index (χ3v) is 6.48.